The Hall–Kier alpha value is -2.72. The predicted molar refractivity (Wildman–Crippen MR) is 124 cm³/mol. The fraction of sp³-hybridized carbons (Fsp3) is 0.478. The number of amides is 2. The molecule has 9 heteroatoms. The number of hydroxylamine groups is 2. The zero-order valence-corrected chi connectivity index (χ0v) is 19.0. The molecule has 1 aromatic carbocycles. The van der Waals surface area contributed by atoms with Gasteiger partial charge in [0.2, 0.25) is 0 Å². The molecule has 172 valence electrons. The summed E-state index contributed by atoms with van der Waals surface area (Å²) in [5.74, 6) is 0.679. The molecular weight excluding hydrogens is 408 g/mol. The number of aromatic nitrogens is 2. The summed E-state index contributed by atoms with van der Waals surface area (Å²) in [4.78, 5) is 20.8. The standard InChI is InChI=1S/C23H32N6O3/c1-17-21(18-9-11-27(2)12-10-18)26-29(20-7-5-4-6-8-20)22(17)25-23(30)24-19-15-28(32-16-19)13-14-31-3/h4-9,19H,10-16H2,1-3H3,(H2,24,25,30)/t19-/m1/s1. The van der Waals surface area contributed by atoms with Gasteiger partial charge in [0.25, 0.3) is 0 Å². The van der Waals surface area contributed by atoms with Crippen molar-refractivity contribution < 1.29 is 14.4 Å². The molecule has 2 N–H and O–H groups in total. The summed E-state index contributed by atoms with van der Waals surface area (Å²) in [7, 11) is 3.77. The molecule has 2 aliphatic rings. The van der Waals surface area contributed by atoms with Gasteiger partial charge in [0.1, 0.15) is 5.82 Å². The number of likely N-dealkylation sites (N-methyl/N-ethyl adjacent to an activating group) is 1. The number of hydrogen-bond acceptors (Lipinski definition) is 6. The number of hydrogen-bond donors (Lipinski definition) is 2. The molecule has 2 amide bonds. The van der Waals surface area contributed by atoms with E-state index in [0.717, 1.165) is 36.5 Å². The Bertz CT molecular complexity index is 958. The Balaban J connectivity index is 1.52. The molecule has 0 aliphatic carbocycles. The van der Waals surface area contributed by atoms with Crippen LogP contribution in [-0.4, -0.2) is 85.4 Å². The van der Waals surface area contributed by atoms with E-state index >= 15 is 0 Å². The number of nitrogens with one attached hydrogen (secondary N) is 2. The van der Waals surface area contributed by atoms with E-state index in [2.05, 4.69) is 28.7 Å². The summed E-state index contributed by atoms with van der Waals surface area (Å²) >= 11 is 0. The average Bonchev–Trinajstić information content (AvgIpc) is 3.38. The van der Waals surface area contributed by atoms with E-state index in [4.69, 9.17) is 14.7 Å². The van der Waals surface area contributed by atoms with Crippen LogP contribution in [0.3, 0.4) is 0 Å². The second kappa shape index (κ2) is 10.3. The second-order valence-electron chi connectivity index (χ2n) is 8.28. The summed E-state index contributed by atoms with van der Waals surface area (Å²) in [5, 5.41) is 12.8. The minimum absolute atomic E-state index is 0.0867. The fourth-order valence-corrected chi connectivity index (χ4v) is 4.00. The first-order valence-corrected chi connectivity index (χ1v) is 11.0. The highest BCUT2D eigenvalue weighted by molar-refractivity contribution is 5.90. The number of nitrogens with zero attached hydrogens (tertiary/aromatic N) is 4. The number of anilines is 1. The number of carbonyl (C=O) groups excluding carboxylic acids is 1. The van der Waals surface area contributed by atoms with Crippen molar-refractivity contribution in [3.05, 3.63) is 47.7 Å². The molecule has 0 saturated carbocycles. The summed E-state index contributed by atoms with van der Waals surface area (Å²) in [6.07, 6.45) is 3.16. The summed E-state index contributed by atoms with van der Waals surface area (Å²) in [5.41, 5.74) is 4.02. The van der Waals surface area contributed by atoms with E-state index in [1.807, 2.05) is 47.0 Å². The molecule has 0 bridgehead atoms. The van der Waals surface area contributed by atoms with Crippen molar-refractivity contribution in [3.63, 3.8) is 0 Å². The van der Waals surface area contributed by atoms with Crippen molar-refractivity contribution in [1.29, 1.82) is 0 Å². The highest BCUT2D eigenvalue weighted by atomic mass is 16.7. The van der Waals surface area contributed by atoms with Crippen molar-refractivity contribution >= 4 is 17.4 Å². The van der Waals surface area contributed by atoms with Crippen LogP contribution in [-0.2, 0) is 9.57 Å². The van der Waals surface area contributed by atoms with E-state index < -0.39 is 0 Å². The number of rotatable bonds is 7. The van der Waals surface area contributed by atoms with Gasteiger partial charge in [-0.25, -0.2) is 9.48 Å². The number of methoxy groups -OCH3 is 1. The molecule has 1 fully saturated rings. The van der Waals surface area contributed by atoms with Crippen LogP contribution in [0.5, 0.6) is 0 Å². The van der Waals surface area contributed by atoms with Gasteiger partial charge in [0.15, 0.2) is 0 Å². The van der Waals surface area contributed by atoms with Gasteiger partial charge in [0.05, 0.1) is 30.6 Å². The van der Waals surface area contributed by atoms with Crippen LogP contribution in [0.4, 0.5) is 10.6 Å². The topological polar surface area (TPSA) is 83.9 Å². The van der Waals surface area contributed by atoms with Gasteiger partial charge < -0.3 is 15.0 Å². The lowest BCUT2D eigenvalue weighted by molar-refractivity contribution is -0.118. The SMILES string of the molecule is COCCN1C[C@@H](NC(=O)Nc2c(C)c(C3=CCN(C)CC3)nn2-c2ccccc2)CO1. The first-order valence-electron chi connectivity index (χ1n) is 11.0. The molecule has 2 aliphatic heterocycles. The highest BCUT2D eigenvalue weighted by Crippen LogP contribution is 2.30. The molecule has 4 rings (SSSR count). The summed E-state index contributed by atoms with van der Waals surface area (Å²) in [6.45, 7) is 6.23. The molecule has 9 nitrogen and oxygen atoms in total. The van der Waals surface area contributed by atoms with Crippen LogP contribution in [0, 0.1) is 6.92 Å². The molecule has 32 heavy (non-hydrogen) atoms. The van der Waals surface area contributed by atoms with Crippen molar-refractivity contribution in [1.82, 2.24) is 25.1 Å². The normalized spacial score (nSPS) is 19.7. The monoisotopic (exact) mass is 440 g/mol. The molecule has 3 heterocycles. The second-order valence-corrected chi connectivity index (χ2v) is 8.28. The Morgan fingerprint density at radius 1 is 1.31 bits per heavy atom. The molecular formula is C23H32N6O3. The van der Waals surface area contributed by atoms with Crippen LogP contribution < -0.4 is 10.6 Å². The van der Waals surface area contributed by atoms with Gasteiger partial charge in [0, 0.05) is 38.9 Å². The van der Waals surface area contributed by atoms with Crippen molar-refractivity contribution in [3.8, 4) is 5.69 Å². The van der Waals surface area contributed by atoms with Gasteiger partial charge in [-0.1, -0.05) is 24.3 Å². The van der Waals surface area contributed by atoms with E-state index in [1.54, 1.807) is 7.11 Å². The molecule has 1 aromatic heterocycles. The fourth-order valence-electron chi connectivity index (χ4n) is 4.00. The van der Waals surface area contributed by atoms with E-state index in [1.165, 1.54) is 5.57 Å². The number of ether oxygens (including phenoxy) is 1. The zero-order valence-electron chi connectivity index (χ0n) is 19.0. The third kappa shape index (κ3) is 5.18. The Labute approximate surface area is 188 Å². The van der Waals surface area contributed by atoms with Crippen LogP contribution >= 0.6 is 0 Å². The van der Waals surface area contributed by atoms with Crippen molar-refractivity contribution in [2.75, 3.05) is 58.9 Å². The first-order chi connectivity index (χ1) is 15.5. The number of urea groups is 1. The van der Waals surface area contributed by atoms with Gasteiger partial charge in [-0.3, -0.25) is 10.2 Å². The first kappa shape index (κ1) is 22.5. The minimum Gasteiger partial charge on any atom is -0.383 e. The van der Waals surface area contributed by atoms with Crippen LogP contribution in [0.25, 0.3) is 11.3 Å². The zero-order chi connectivity index (χ0) is 22.5. The molecule has 0 spiro atoms. The van der Waals surface area contributed by atoms with E-state index in [9.17, 15) is 4.79 Å². The third-order valence-electron chi connectivity index (χ3n) is 5.83. The van der Waals surface area contributed by atoms with Gasteiger partial charge >= 0.3 is 6.03 Å². The van der Waals surface area contributed by atoms with Gasteiger partial charge in [-0.2, -0.15) is 10.2 Å². The average molecular weight is 441 g/mol. The predicted octanol–water partition coefficient (Wildman–Crippen LogP) is 2.28. The molecule has 1 atom stereocenters. The summed E-state index contributed by atoms with van der Waals surface area (Å²) in [6, 6.07) is 9.52. The Morgan fingerprint density at radius 2 is 2.12 bits per heavy atom. The molecule has 0 radical (unpaired) electrons. The van der Waals surface area contributed by atoms with Crippen LogP contribution in [0.15, 0.2) is 36.4 Å². The number of benzene rings is 1. The maximum atomic E-state index is 12.9. The van der Waals surface area contributed by atoms with E-state index in [0.29, 0.717) is 32.1 Å². The molecule has 2 aromatic rings. The highest BCUT2D eigenvalue weighted by Gasteiger charge is 2.26. The lowest BCUT2D eigenvalue weighted by Gasteiger charge is -2.21. The lowest BCUT2D eigenvalue weighted by atomic mass is 10.0. The molecule has 1 saturated heterocycles. The van der Waals surface area contributed by atoms with Crippen molar-refractivity contribution in [2.45, 2.75) is 19.4 Å². The number of carbonyl (C=O) groups is 1. The van der Waals surface area contributed by atoms with Crippen LogP contribution in [0.2, 0.25) is 0 Å². The Kier molecular flexibility index (Phi) is 7.21. The van der Waals surface area contributed by atoms with Gasteiger partial charge in [-0.05, 0) is 38.1 Å². The molecule has 0 unspecified atom stereocenters. The Morgan fingerprint density at radius 3 is 2.84 bits per heavy atom. The van der Waals surface area contributed by atoms with Crippen LogP contribution in [0.1, 0.15) is 17.7 Å². The maximum absolute atomic E-state index is 12.9. The number of para-hydroxylation sites is 1. The van der Waals surface area contributed by atoms with Gasteiger partial charge in [-0.15, -0.1) is 0 Å². The summed E-state index contributed by atoms with van der Waals surface area (Å²) < 4.78 is 6.91. The smallest absolute Gasteiger partial charge is 0.320 e. The minimum atomic E-state index is -0.267. The lowest BCUT2D eigenvalue weighted by Crippen LogP contribution is -2.41. The van der Waals surface area contributed by atoms with E-state index in [-0.39, 0.29) is 12.1 Å². The maximum Gasteiger partial charge on any atom is 0.320 e. The quantitative estimate of drug-likeness (QED) is 0.687. The third-order valence-corrected chi connectivity index (χ3v) is 5.83. The largest absolute Gasteiger partial charge is 0.383 e. The van der Waals surface area contributed by atoms with Crippen molar-refractivity contribution in [2.24, 2.45) is 0 Å².